The monoisotopic (exact) mass is 338 g/mol. The Labute approximate surface area is 144 Å². The van der Waals surface area contributed by atoms with Gasteiger partial charge in [-0.05, 0) is 39.0 Å². The second-order valence-electron chi connectivity index (χ2n) is 6.98. The minimum Gasteiger partial charge on any atom is -0.375 e. The number of likely N-dealkylation sites (tertiary alicyclic amines) is 1. The first-order chi connectivity index (χ1) is 10.9. The number of hydrogen-bond donors (Lipinski definition) is 0. The number of hydrogen-bond acceptors (Lipinski definition) is 4. The maximum Gasteiger partial charge on any atom is 0.266 e. The molecule has 1 aliphatic heterocycles. The third-order valence-electron chi connectivity index (χ3n) is 4.59. The number of nitrogens with zero attached hydrogens (tertiary/aromatic N) is 2. The molecule has 2 rings (SSSR count). The standard InChI is InChI=1S/C18H30N2O2S/c1-12(2)11-15-9-7-6-8-10-20(15)18(21)16-13(3)19-17(23-16)14(4)22-5/h12,14-15H,6-11H2,1-5H3. The van der Waals surface area contributed by atoms with Gasteiger partial charge in [0.05, 0.1) is 5.69 Å². The minimum absolute atomic E-state index is 0.0594. The summed E-state index contributed by atoms with van der Waals surface area (Å²) >= 11 is 1.49. The Balaban J connectivity index is 2.23. The molecule has 2 unspecified atom stereocenters. The van der Waals surface area contributed by atoms with Crippen molar-refractivity contribution in [1.82, 2.24) is 9.88 Å². The van der Waals surface area contributed by atoms with Gasteiger partial charge in [-0.1, -0.05) is 26.7 Å². The number of amides is 1. The van der Waals surface area contributed by atoms with Crippen LogP contribution in [0.25, 0.3) is 0 Å². The molecule has 2 atom stereocenters. The number of aromatic nitrogens is 1. The number of rotatable bonds is 5. The number of methoxy groups -OCH3 is 1. The molecule has 0 aliphatic carbocycles. The Morgan fingerprint density at radius 1 is 1.35 bits per heavy atom. The van der Waals surface area contributed by atoms with Gasteiger partial charge in [-0.25, -0.2) is 4.98 Å². The zero-order valence-corrected chi connectivity index (χ0v) is 15.9. The zero-order chi connectivity index (χ0) is 17.0. The van der Waals surface area contributed by atoms with E-state index in [-0.39, 0.29) is 12.0 Å². The second kappa shape index (κ2) is 8.25. The summed E-state index contributed by atoms with van der Waals surface area (Å²) in [6.45, 7) is 9.27. The molecule has 0 radical (unpaired) electrons. The molecule has 1 fully saturated rings. The Bertz CT molecular complexity index is 527. The van der Waals surface area contributed by atoms with Crippen molar-refractivity contribution >= 4 is 17.2 Å². The highest BCUT2D eigenvalue weighted by molar-refractivity contribution is 7.13. The summed E-state index contributed by atoms with van der Waals surface area (Å²) in [4.78, 5) is 20.6. The van der Waals surface area contributed by atoms with Gasteiger partial charge in [0.1, 0.15) is 16.0 Å². The molecular formula is C18H30N2O2S. The summed E-state index contributed by atoms with van der Waals surface area (Å²) < 4.78 is 5.35. The average molecular weight is 339 g/mol. The molecule has 23 heavy (non-hydrogen) atoms. The van der Waals surface area contributed by atoms with Gasteiger partial charge >= 0.3 is 0 Å². The average Bonchev–Trinajstić information content (AvgIpc) is 2.75. The van der Waals surface area contributed by atoms with E-state index < -0.39 is 0 Å². The van der Waals surface area contributed by atoms with Crippen molar-refractivity contribution in [2.45, 2.75) is 71.9 Å². The van der Waals surface area contributed by atoms with Crippen molar-refractivity contribution in [2.75, 3.05) is 13.7 Å². The molecule has 1 aliphatic rings. The van der Waals surface area contributed by atoms with E-state index in [2.05, 4.69) is 23.7 Å². The number of carbonyl (C=O) groups excluding carboxylic acids is 1. The van der Waals surface area contributed by atoms with Crippen LogP contribution in [0.2, 0.25) is 0 Å². The minimum atomic E-state index is -0.0594. The van der Waals surface area contributed by atoms with Gasteiger partial charge in [0.2, 0.25) is 0 Å². The third-order valence-corrected chi connectivity index (χ3v) is 5.90. The molecule has 2 heterocycles. The van der Waals surface area contributed by atoms with E-state index in [9.17, 15) is 4.79 Å². The lowest BCUT2D eigenvalue weighted by molar-refractivity contribution is 0.0665. The smallest absolute Gasteiger partial charge is 0.266 e. The summed E-state index contributed by atoms with van der Waals surface area (Å²) in [6, 6.07) is 0.370. The van der Waals surface area contributed by atoms with Crippen LogP contribution in [0, 0.1) is 12.8 Å². The topological polar surface area (TPSA) is 42.4 Å². The molecular weight excluding hydrogens is 308 g/mol. The molecule has 130 valence electrons. The number of carbonyl (C=O) groups is 1. The Kier molecular flexibility index (Phi) is 6.60. The van der Waals surface area contributed by atoms with Crippen LogP contribution in [-0.4, -0.2) is 35.5 Å². The SMILES string of the molecule is COC(C)c1nc(C)c(C(=O)N2CCCCCC2CC(C)C)s1. The van der Waals surface area contributed by atoms with Crippen LogP contribution in [-0.2, 0) is 4.74 Å². The van der Waals surface area contributed by atoms with Crippen molar-refractivity contribution in [3.8, 4) is 0 Å². The number of aryl methyl sites for hydroxylation is 1. The van der Waals surface area contributed by atoms with Crippen molar-refractivity contribution in [3.63, 3.8) is 0 Å². The molecule has 4 nitrogen and oxygen atoms in total. The molecule has 1 amide bonds. The molecule has 0 saturated carbocycles. The first-order valence-corrected chi connectivity index (χ1v) is 9.56. The summed E-state index contributed by atoms with van der Waals surface area (Å²) in [7, 11) is 1.68. The zero-order valence-electron chi connectivity index (χ0n) is 15.1. The van der Waals surface area contributed by atoms with Crippen molar-refractivity contribution in [1.29, 1.82) is 0 Å². The summed E-state index contributed by atoms with van der Waals surface area (Å²) in [5, 5.41) is 0.892. The molecule has 0 bridgehead atoms. The number of thiazole rings is 1. The second-order valence-corrected chi connectivity index (χ2v) is 8.01. The van der Waals surface area contributed by atoms with E-state index in [1.165, 1.54) is 24.2 Å². The normalized spacial score (nSPS) is 20.6. The third kappa shape index (κ3) is 4.54. The summed E-state index contributed by atoms with van der Waals surface area (Å²) in [5.41, 5.74) is 0.839. The van der Waals surface area contributed by atoms with Crippen molar-refractivity contribution in [3.05, 3.63) is 15.6 Å². The fraction of sp³-hybridized carbons (Fsp3) is 0.778. The molecule has 1 aromatic rings. The van der Waals surface area contributed by atoms with Gasteiger partial charge in [0.25, 0.3) is 5.91 Å². The van der Waals surface area contributed by atoms with Crippen LogP contribution in [0.4, 0.5) is 0 Å². The van der Waals surface area contributed by atoms with Gasteiger partial charge in [0.15, 0.2) is 0 Å². The molecule has 0 spiro atoms. The molecule has 1 saturated heterocycles. The highest BCUT2D eigenvalue weighted by Gasteiger charge is 2.29. The van der Waals surface area contributed by atoms with E-state index >= 15 is 0 Å². The van der Waals surface area contributed by atoms with Crippen LogP contribution in [0.5, 0.6) is 0 Å². The lowest BCUT2D eigenvalue weighted by atomic mass is 9.98. The van der Waals surface area contributed by atoms with Gasteiger partial charge in [-0.15, -0.1) is 11.3 Å². The van der Waals surface area contributed by atoms with Gasteiger partial charge in [0, 0.05) is 19.7 Å². The van der Waals surface area contributed by atoms with Crippen LogP contribution in [0.3, 0.4) is 0 Å². The maximum absolute atomic E-state index is 13.1. The lowest BCUT2D eigenvalue weighted by Gasteiger charge is -2.31. The van der Waals surface area contributed by atoms with E-state index in [4.69, 9.17) is 4.74 Å². The van der Waals surface area contributed by atoms with Crippen molar-refractivity contribution in [2.24, 2.45) is 5.92 Å². The van der Waals surface area contributed by atoms with Gasteiger partial charge in [-0.3, -0.25) is 4.79 Å². The fourth-order valence-electron chi connectivity index (χ4n) is 3.25. The fourth-order valence-corrected chi connectivity index (χ4v) is 4.31. The quantitative estimate of drug-likeness (QED) is 0.788. The van der Waals surface area contributed by atoms with Gasteiger partial charge in [-0.2, -0.15) is 0 Å². The van der Waals surface area contributed by atoms with Gasteiger partial charge < -0.3 is 9.64 Å². The predicted octanol–water partition coefficient (Wildman–Crippen LogP) is 4.59. The van der Waals surface area contributed by atoms with E-state index in [1.807, 2.05) is 13.8 Å². The first-order valence-electron chi connectivity index (χ1n) is 8.75. The molecule has 5 heteroatoms. The summed E-state index contributed by atoms with van der Waals surface area (Å²) in [6.07, 6.45) is 5.73. The van der Waals surface area contributed by atoms with E-state index in [1.54, 1.807) is 7.11 Å². The van der Waals surface area contributed by atoms with Crippen LogP contribution >= 0.6 is 11.3 Å². The van der Waals surface area contributed by atoms with E-state index in [0.717, 1.165) is 41.4 Å². The Hall–Kier alpha value is -0.940. The summed E-state index contributed by atoms with van der Waals surface area (Å²) in [5.74, 6) is 0.780. The number of ether oxygens (including phenoxy) is 1. The van der Waals surface area contributed by atoms with Crippen molar-refractivity contribution < 1.29 is 9.53 Å². The predicted molar refractivity (Wildman–Crippen MR) is 95.0 cm³/mol. The first kappa shape index (κ1) is 18.4. The molecule has 0 aromatic carbocycles. The maximum atomic E-state index is 13.1. The van der Waals surface area contributed by atoms with Crippen LogP contribution in [0.1, 0.15) is 79.4 Å². The van der Waals surface area contributed by atoms with Crippen LogP contribution in [0.15, 0.2) is 0 Å². The Morgan fingerprint density at radius 3 is 2.74 bits per heavy atom. The highest BCUT2D eigenvalue weighted by Crippen LogP contribution is 2.29. The highest BCUT2D eigenvalue weighted by atomic mass is 32.1. The molecule has 0 N–H and O–H groups in total. The molecule has 1 aromatic heterocycles. The largest absolute Gasteiger partial charge is 0.375 e. The lowest BCUT2D eigenvalue weighted by Crippen LogP contribution is -2.40. The van der Waals surface area contributed by atoms with Crippen LogP contribution < -0.4 is 0 Å². The van der Waals surface area contributed by atoms with E-state index in [0.29, 0.717) is 12.0 Å². The Morgan fingerprint density at radius 2 is 2.09 bits per heavy atom.